The largest absolute Gasteiger partial charge is 0.342 e. The number of aromatic nitrogens is 1. The van der Waals surface area contributed by atoms with Gasteiger partial charge in [0.1, 0.15) is 10.7 Å². The van der Waals surface area contributed by atoms with Crippen molar-refractivity contribution in [2.24, 2.45) is 5.92 Å². The maximum Gasteiger partial charge on any atom is 0.273 e. The van der Waals surface area contributed by atoms with Crippen LogP contribution in [-0.4, -0.2) is 52.8 Å². The van der Waals surface area contributed by atoms with Crippen LogP contribution in [-0.2, 0) is 11.2 Å². The van der Waals surface area contributed by atoms with Gasteiger partial charge in [-0.3, -0.25) is 9.59 Å². The molecule has 0 atom stereocenters. The topological polar surface area (TPSA) is 53.5 Å². The van der Waals surface area contributed by atoms with E-state index in [0.717, 1.165) is 55.8 Å². The fourth-order valence-corrected chi connectivity index (χ4v) is 5.23. The quantitative estimate of drug-likeness (QED) is 0.718. The van der Waals surface area contributed by atoms with Crippen LogP contribution in [0.4, 0.5) is 0 Å². The standard InChI is InChI=1S/C24H31N3O2S/c1-2-18-7-9-19(10-8-18)22-25-21(17-30-22)24(29)27-15-11-20(12-16-27)23(28)26-13-5-3-4-6-14-26/h7-10,17,20H,2-6,11-16H2,1H3. The second-order valence-corrected chi connectivity index (χ2v) is 9.25. The summed E-state index contributed by atoms with van der Waals surface area (Å²) in [5.74, 6) is 0.356. The average molecular weight is 426 g/mol. The van der Waals surface area contributed by atoms with E-state index in [2.05, 4.69) is 41.1 Å². The lowest BCUT2D eigenvalue weighted by Crippen LogP contribution is -2.44. The Morgan fingerprint density at radius 1 is 0.967 bits per heavy atom. The molecule has 0 N–H and O–H groups in total. The third-order valence-corrected chi connectivity index (χ3v) is 7.27. The highest BCUT2D eigenvalue weighted by molar-refractivity contribution is 7.13. The summed E-state index contributed by atoms with van der Waals surface area (Å²) in [7, 11) is 0. The number of carbonyl (C=O) groups excluding carboxylic acids is 2. The lowest BCUT2D eigenvalue weighted by Gasteiger charge is -2.33. The molecule has 2 aromatic rings. The van der Waals surface area contributed by atoms with Gasteiger partial charge in [-0.05, 0) is 37.7 Å². The Morgan fingerprint density at radius 3 is 2.27 bits per heavy atom. The predicted molar refractivity (Wildman–Crippen MR) is 121 cm³/mol. The summed E-state index contributed by atoms with van der Waals surface area (Å²) >= 11 is 1.52. The van der Waals surface area contributed by atoms with Crippen LogP contribution in [0.3, 0.4) is 0 Å². The molecule has 0 spiro atoms. The minimum absolute atomic E-state index is 0.0108. The van der Waals surface area contributed by atoms with Gasteiger partial charge >= 0.3 is 0 Å². The van der Waals surface area contributed by atoms with Crippen LogP contribution in [0.1, 0.15) is 61.5 Å². The normalized spacial score (nSPS) is 18.3. The molecule has 0 radical (unpaired) electrons. The van der Waals surface area contributed by atoms with E-state index in [0.29, 0.717) is 24.7 Å². The van der Waals surface area contributed by atoms with Crippen LogP contribution in [0.15, 0.2) is 29.6 Å². The Hall–Kier alpha value is -2.21. The van der Waals surface area contributed by atoms with Crippen molar-refractivity contribution in [2.75, 3.05) is 26.2 Å². The molecule has 2 fully saturated rings. The molecule has 0 saturated carbocycles. The molecule has 160 valence electrons. The molecule has 0 unspecified atom stereocenters. The molecule has 1 aromatic heterocycles. The minimum Gasteiger partial charge on any atom is -0.342 e. The lowest BCUT2D eigenvalue weighted by atomic mass is 9.95. The maximum atomic E-state index is 12.9. The third kappa shape index (κ3) is 4.75. The molecule has 6 heteroatoms. The molecular formula is C24H31N3O2S. The van der Waals surface area contributed by atoms with E-state index in [1.807, 2.05) is 10.3 Å². The molecular weight excluding hydrogens is 394 g/mol. The summed E-state index contributed by atoms with van der Waals surface area (Å²) < 4.78 is 0. The number of benzene rings is 1. The number of hydrogen-bond acceptors (Lipinski definition) is 4. The molecule has 0 aliphatic carbocycles. The van der Waals surface area contributed by atoms with Crippen LogP contribution < -0.4 is 0 Å². The number of hydrogen-bond donors (Lipinski definition) is 0. The van der Waals surface area contributed by atoms with Crippen LogP contribution >= 0.6 is 11.3 Å². The van der Waals surface area contributed by atoms with E-state index in [-0.39, 0.29) is 11.8 Å². The summed E-state index contributed by atoms with van der Waals surface area (Å²) in [6.07, 6.45) is 7.24. The average Bonchev–Trinajstić information content (AvgIpc) is 3.13. The van der Waals surface area contributed by atoms with Crippen LogP contribution in [0, 0.1) is 5.92 Å². The van der Waals surface area contributed by atoms with Crippen molar-refractivity contribution in [3.8, 4) is 10.6 Å². The molecule has 2 amide bonds. The Morgan fingerprint density at radius 2 is 1.63 bits per heavy atom. The van der Waals surface area contributed by atoms with Crippen molar-refractivity contribution in [3.05, 3.63) is 40.9 Å². The highest BCUT2D eigenvalue weighted by Gasteiger charge is 2.31. The molecule has 2 saturated heterocycles. The second-order valence-electron chi connectivity index (χ2n) is 8.39. The number of rotatable bonds is 4. The summed E-state index contributed by atoms with van der Waals surface area (Å²) in [6.45, 7) is 5.22. The molecule has 4 rings (SSSR count). The van der Waals surface area contributed by atoms with E-state index in [1.54, 1.807) is 0 Å². The number of carbonyl (C=O) groups is 2. The van der Waals surface area contributed by atoms with Gasteiger partial charge in [0.25, 0.3) is 5.91 Å². The number of piperidine rings is 1. The minimum atomic E-state index is -0.0108. The summed E-state index contributed by atoms with van der Waals surface area (Å²) in [5.41, 5.74) is 2.87. The van der Waals surface area contributed by atoms with Crippen LogP contribution in [0.25, 0.3) is 10.6 Å². The van der Waals surface area contributed by atoms with Gasteiger partial charge in [-0.2, -0.15) is 0 Å². The van der Waals surface area contributed by atoms with E-state index in [4.69, 9.17) is 0 Å². The van der Waals surface area contributed by atoms with Crippen molar-refractivity contribution < 1.29 is 9.59 Å². The first-order valence-electron chi connectivity index (χ1n) is 11.3. The first kappa shape index (κ1) is 21.0. The van der Waals surface area contributed by atoms with Gasteiger partial charge in [-0.15, -0.1) is 11.3 Å². The Bertz CT molecular complexity index is 861. The van der Waals surface area contributed by atoms with Gasteiger partial charge in [0.05, 0.1) is 0 Å². The van der Waals surface area contributed by atoms with E-state index in [1.165, 1.54) is 29.7 Å². The molecule has 2 aliphatic heterocycles. The number of likely N-dealkylation sites (tertiary alicyclic amines) is 2. The van der Waals surface area contributed by atoms with Gasteiger partial charge in [0.15, 0.2) is 0 Å². The highest BCUT2D eigenvalue weighted by Crippen LogP contribution is 2.27. The molecule has 3 heterocycles. The van der Waals surface area contributed by atoms with Gasteiger partial charge < -0.3 is 9.80 Å². The third-order valence-electron chi connectivity index (χ3n) is 6.38. The molecule has 30 heavy (non-hydrogen) atoms. The summed E-state index contributed by atoms with van der Waals surface area (Å²) in [5, 5.41) is 2.74. The number of thiazole rings is 1. The molecule has 0 bridgehead atoms. The smallest absolute Gasteiger partial charge is 0.273 e. The molecule has 1 aromatic carbocycles. The van der Waals surface area contributed by atoms with E-state index < -0.39 is 0 Å². The zero-order chi connectivity index (χ0) is 20.9. The first-order valence-corrected chi connectivity index (χ1v) is 12.2. The van der Waals surface area contributed by atoms with Crippen LogP contribution in [0.5, 0.6) is 0 Å². The zero-order valence-electron chi connectivity index (χ0n) is 17.8. The van der Waals surface area contributed by atoms with Crippen molar-refractivity contribution in [1.29, 1.82) is 0 Å². The molecule has 5 nitrogen and oxygen atoms in total. The molecule has 2 aliphatic rings. The number of amides is 2. The fraction of sp³-hybridized carbons (Fsp3) is 0.542. The number of nitrogens with zero attached hydrogens (tertiary/aromatic N) is 3. The fourth-order valence-electron chi connectivity index (χ4n) is 4.43. The predicted octanol–water partition coefficient (Wildman–Crippen LogP) is 4.63. The number of aryl methyl sites for hydroxylation is 1. The summed E-state index contributed by atoms with van der Waals surface area (Å²) in [6, 6.07) is 8.38. The lowest BCUT2D eigenvalue weighted by molar-refractivity contribution is -0.136. The van der Waals surface area contributed by atoms with Gasteiger partial charge in [-0.25, -0.2) is 4.98 Å². The van der Waals surface area contributed by atoms with E-state index in [9.17, 15) is 9.59 Å². The Balaban J connectivity index is 1.34. The summed E-state index contributed by atoms with van der Waals surface area (Å²) in [4.78, 5) is 34.3. The highest BCUT2D eigenvalue weighted by atomic mass is 32.1. The first-order chi connectivity index (χ1) is 14.7. The van der Waals surface area contributed by atoms with Gasteiger partial charge in [0.2, 0.25) is 5.91 Å². The van der Waals surface area contributed by atoms with Crippen molar-refractivity contribution in [1.82, 2.24) is 14.8 Å². The Kier molecular flexibility index (Phi) is 6.82. The SMILES string of the molecule is CCc1ccc(-c2nc(C(=O)N3CCC(C(=O)N4CCCCCC4)CC3)cs2)cc1. The van der Waals surface area contributed by atoms with Gasteiger partial charge in [-0.1, -0.05) is 44.0 Å². The second kappa shape index (κ2) is 9.73. The Labute approximate surface area is 183 Å². The monoisotopic (exact) mass is 425 g/mol. The van der Waals surface area contributed by atoms with Crippen molar-refractivity contribution in [2.45, 2.75) is 51.9 Å². The van der Waals surface area contributed by atoms with Crippen LogP contribution in [0.2, 0.25) is 0 Å². The van der Waals surface area contributed by atoms with E-state index >= 15 is 0 Å². The van der Waals surface area contributed by atoms with Crippen molar-refractivity contribution >= 4 is 23.2 Å². The maximum absolute atomic E-state index is 12.9. The zero-order valence-corrected chi connectivity index (χ0v) is 18.6. The van der Waals surface area contributed by atoms with Gasteiger partial charge in [0, 0.05) is 43.0 Å². The van der Waals surface area contributed by atoms with Crippen molar-refractivity contribution in [3.63, 3.8) is 0 Å².